The molecule has 0 aromatic carbocycles. The lowest BCUT2D eigenvalue weighted by atomic mass is 9.89. The van der Waals surface area contributed by atoms with Gasteiger partial charge in [-0.3, -0.25) is 4.79 Å². The van der Waals surface area contributed by atoms with Crippen LogP contribution in [0.3, 0.4) is 0 Å². The Kier molecular flexibility index (Phi) is 2.46. The number of ether oxygens (including phenoxy) is 1. The molecule has 64 valence electrons. The van der Waals surface area contributed by atoms with Crippen molar-refractivity contribution in [3.8, 4) is 0 Å². The Balaban J connectivity index is 2.07. The van der Waals surface area contributed by atoms with Gasteiger partial charge < -0.3 is 15.2 Å². The number of carboxylic acids is 1. The van der Waals surface area contributed by atoms with E-state index in [2.05, 4.69) is 12.2 Å². The Morgan fingerprint density at radius 2 is 2.36 bits per heavy atom. The summed E-state index contributed by atoms with van der Waals surface area (Å²) in [5.74, 6) is -0.811. The first-order valence-corrected chi connectivity index (χ1v) is 3.63. The molecule has 0 amide bonds. The molecular weight excluding hydrogens is 146 g/mol. The maximum absolute atomic E-state index is 10.1. The molecule has 0 saturated carbocycles. The third-order valence-electron chi connectivity index (χ3n) is 1.73. The van der Waals surface area contributed by atoms with Crippen molar-refractivity contribution in [2.24, 2.45) is 5.41 Å². The fourth-order valence-corrected chi connectivity index (χ4v) is 1.02. The van der Waals surface area contributed by atoms with Crippen LogP contribution in [0.2, 0.25) is 0 Å². The highest BCUT2D eigenvalue weighted by Gasteiger charge is 2.32. The summed E-state index contributed by atoms with van der Waals surface area (Å²) in [7, 11) is 0. The van der Waals surface area contributed by atoms with Crippen LogP contribution >= 0.6 is 0 Å². The van der Waals surface area contributed by atoms with Gasteiger partial charge in [-0.1, -0.05) is 6.92 Å². The number of nitrogens with one attached hydrogen (secondary N) is 1. The zero-order valence-electron chi connectivity index (χ0n) is 6.59. The summed E-state index contributed by atoms with van der Waals surface area (Å²) in [5, 5.41) is 11.2. The van der Waals surface area contributed by atoms with Gasteiger partial charge in [0.25, 0.3) is 0 Å². The van der Waals surface area contributed by atoms with Crippen molar-refractivity contribution in [2.75, 3.05) is 26.3 Å². The van der Waals surface area contributed by atoms with Gasteiger partial charge in [0.1, 0.15) is 0 Å². The van der Waals surface area contributed by atoms with E-state index in [0.29, 0.717) is 0 Å². The standard InChI is InChI=1S/C7H13NO3/c1-7(4-11-5-7)3-8-2-6(9)10/h8H,2-5H2,1H3,(H,9,10). The average Bonchev–Trinajstić information content (AvgIpc) is 1.83. The minimum atomic E-state index is -0.811. The van der Waals surface area contributed by atoms with E-state index >= 15 is 0 Å². The predicted molar refractivity (Wildman–Crippen MR) is 39.4 cm³/mol. The van der Waals surface area contributed by atoms with E-state index < -0.39 is 5.97 Å². The van der Waals surface area contributed by atoms with Crippen LogP contribution in [0, 0.1) is 5.41 Å². The highest BCUT2D eigenvalue weighted by atomic mass is 16.5. The Bertz CT molecular complexity index is 154. The first-order valence-electron chi connectivity index (χ1n) is 3.63. The second-order valence-electron chi connectivity index (χ2n) is 3.30. The van der Waals surface area contributed by atoms with Crippen LogP contribution in [-0.4, -0.2) is 37.4 Å². The van der Waals surface area contributed by atoms with Crippen molar-refractivity contribution < 1.29 is 14.6 Å². The van der Waals surface area contributed by atoms with E-state index in [4.69, 9.17) is 9.84 Å². The molecule has 1 rings (SSSR count). The fourth-order valence-electron chi connectivity index (χ4n) is 1.02. The van der Waals surface area contributed by atoms with Crippen LogP contribution in [0.4, 0.5) is 0 Å². The van der Waals surface area contributed by atoms with Crippen LogP contribution in [0.1, 0.15) is 6.92 Å². The van der Waals surface area contributed by atoms with E-state index in [1.165, 1.54) is 0 Å². The average molecular weight is 159 g/mol. The molecule has 0 aromatic heterocycles. The SMILES string of the molecule is CC1(CNCC(=O)O)COC1. The van der Waals surface area contributed by atoms with E-state index in [-0.39, 0.29) is 12.0 Å². The molecule has 4 nitrogen and oxygen atoms in total. The van der Waals surface area contributed by atoms with Crippen LogP contribution in [-0.2, 0) is 9.53 Å². The van der Waals surface area contributed by atoms with Gasteiger partial charge in [-0.05, 0) is 0 Å². The second-order valence-corrected chi connectivity index (χ2v) is 3.30. The minimum Gasteiger partial charge on any atom is -0.480 e. The number of carboxylic acid groups (broad SMARTS) is 1. The maximum Gasteiger partial charge on any atom is 0.317 e. The molecule has 0 spiro atoms. The molecule has 0 unspecified atom stereocenters. The van der Waals surface area contributed by atoms with Crippen LogP contribution < -0.4 is 5.32 Å². The zero-order valence-corrected chi connectivity index (χ0v) is 6.59. The lowest BCUT2D eigenvalue weighted by Gasteiger charge is -2.38. The Morgan fingerprint density at radius 3 is 2.73 bits per heavy atom. The molecule has 11 heavy (non-hydrogen) atoms. The van der Waals surface area contributed by atoms with Crippen molar-refractivity contribution in [2.45, 2.75) is 6.92 Å². The van der Waals surface area contributed by atoms with Gasteiger partial charge in [0.2, 0.25) is 0 Å². The molecule has 1 saturated heterocycles. The molecule has 0 bridgehead atoms. The van der Waals surface area contributed by atoms with Crippen molar-refractivity contribution in [3.63, 3.8) is 0 Å². The number of carbonyl (C=O) groups is 1. The lowest BCUT2D eigenvalue weighted by molar-refractivity contribution is -0.136. The molecule has 1 fully saturated rings. The summed E-state index contributed by atoms with van der Waals surface area (Å²) in [6.07, 6.45) is 0. The van der Waals surface area contributed by atoms with Gasteiger partial charge in [-0.2, -0.15) is 0 Å². The quantitative estimate of drug-likeness (QED) is 0.591. The number of aliphatic carboxylic acids is 1. The summed E-state index contributed by atoms with van der Waals surface area (Å²) >= 11 is 0. The first kappa shape index (κ1) is 8.49. The summed E-state index contributed by atoms with van der Waals surface area (Å²) in [6, 6.07) is 0. The molecule has 0 aromatic rings. The smallest absolute Gasteiger partial charge is 0.317 e. The molecule has 2 N–H and O–H groups in total. The third-order valence-corrected chi connectivity index (χ3v) is 1.73. The van der Waals surface area contributed by atoms with E-state index in [0.717, 1.165) is 19.8 Å². The van der Waals surface area contributed by atoms with Crippen LogP contribution in [0.5, 0.6) is 0 Å². The summed E-state index contributed by atoms with van der Waals surface area (Å²) in [5.41, 5.74) is 0.162. The monoisotopic (exact) mass is 159 g/mol. The lowest BCUT2D eigenvalue weighted by Crippen LogP contribution is -2.48. The van der Waals surface area contributed by atoms with Gasteiger partial charge in [-0.25, -0.2) is 0 Å². The largest absolute Gasteiger partial charge is 0.480 e. The zero-order chi connectivity index (χ0) is 8.32. The highest BCUT2D eigenvalue weighted by Crippen LogP contribution is 2.24. The summed E-state index contributed by atoms with van der Waals surface area (Å²) in [4.78, 5) is 10.1. The van der Waals surface area contributed by atoms with Crippen molar-refractivity contribution in [1.29, 1.82) is 0 Å². The minimum absolute atomic E-state index is 0.0373. The van der Waals surface area contributed by atoms with Crippen LogP contribution in [0.15, 0.2) is 0 Å². The van der Waals surface area contributed by atoms with Gasteiger partial charge >= 0.3 is 5.97 Å². The number of rotatable bonds is 4. The van der Waals surface area contributed by atoms with E-state index in [1.807, 2.05) is 0 Å². The summed E-state index contributed by atoms with van der Waals surface area (Å²) < 4.78 is 5.01. The maximum atomic E-state index is 10.1. The second kappa shape index (κ2) is 3.19. The topological polar surface area (TPSA) is 58.6 Å². The van der Waals surface area contributed by atoms with Gasteiger partial charge in [0.05, 0.1) is 19.8 Å². The molecular formula is C7H13NO3. The van der Waals surface area contributed by atoms with Crippen molar-refractivity contribution >= 4 is 5.97 Å². The van der Waals surface area contributed by atoms with Crippen LogP contribution in [0.25, 0.3) is 0 Å². The molecule has 0 radical (unpaired) electrons. The fraction of sp³-hybridized carbons (Fsp3) is 0.857. The van der Waals surface area contributed by atoms with Gasteiger partial charge in [-0.15, -0.1) is 0 Å². The Hall–Kier alpha value is -0.610. The van der Waals surface area contributed by atoms with Gasteiger partial charge in [0, 0.05) is 12.0 Å². The predicted octanol–water partition coefficient (Wildman–Crippen LogP) is -0.303. The Labute approximate surface area is 65.5 Å². The number of hydrogen-bond acceptors (Lipinski definition) is 3. The van der Waals surface area contributed by atoms with E-state index in [9.17, 15) is 4.79 Å². The molecule has 0 atom stereocenters. The summed E-state index contributed by atoms with van der Waals surface area (Å²) in [6.45, 7) is 4.31. The number of hydrogen-bond donors (Lipinski definition) is 2. The molecule has 0 aliphatic carbocycles. The molecule has 1 heterocycles. The normalized spacial score (nSPS) is 20.8. The van der Waals surface area contributed by atoms with Gasteiger partial charge in [0.15, 0.2) is 0 Å². The molecule has 1 aliphatic rings. The van der Waals surface area contributed by atoms with Crippen molar-refractivity contribution in [1.82, 2.24) is 5.32 Å². The molecule has 1 aliphatic heterocycles. The Morgan fingerprint density at radius 1 is 1.73 bits per heavy atom. The molecule has 4 heteroatoms. The van der Waals surface area contributed by atoms with Crippen molar-refractivity contribution in [3.05, 3.63) is 0 Å². The third kappa shape index (κ3) is 2.48. The first-order chi connectivity index (χ1) is 5.12. The highest BCUT2D eigenvalue weighted by molar-refractivity contribution is 5.68. The van der Waals surface area contributed by atoms with E-state index in [1.54, 1.807) is 0 Å².